The molecule has 7 nitrogen and oxygen atoms in total. The van der Waals surface area contributed by atoms with Gasteiger partial charge in [-0.1, -0.05) is 48.5 Å². The van der Waals surface area contributed by atoms with E-state index in [1.54, 1.807) is 0 Å². The van der Waals surface area contributed by atoms with Crippen LogP contribution in [0.5, 0.6) is 0 Å². The molecule has 2 amide bonds. The number of hydrogen-bond acceptors (Lipinski definition) is 4. The molecule has 2 aromatic rings. The lowest BCUT2D eigenvalue weighted by Crippen LogP contribution is -2.53. The minimum Gasteiger partial charge on any atom is -0.481 e. The van der Waals surface area contributed by atoms with E-state index in [1.807, 2.05) is 29.2 Å². The first kappa shape index (κ1) is 22.1. The number of rotatable bonds is 7. The maximum atomic E-state index is 13.1. The first-order valence-electron chi connectivity index (χ1n) is 12.6. The number of likely N-dealkylation sites (tertiary alicyclic amines) is 1. The van der Waals surface area contributed by atoms with E-state index in [-0.39, 0.29) is 36.3 Å². The normalized spacial score (nSPS) is 26.3. The molecule has 2 aromatic carbocycles. The second-order valence-electron chi connectivity index (χ2n) is 10.7. The van der Waals surface area contributed by atoms with Gasteiger partial charge in [-0.05, 0) is 59.8 Å². The van der Waals surface area contributed by atoms with Gasteiger partial charge in [-0.3, -0.25) is 9.59 Å². The Morgan fingerprint density at radius 1 is 1.00 bits per heavy atom. The van der Waals surface area contributed by atoms with Gasteiger partial charge in [0.05, 0.1) is 5.41 Å². The fourth-order valence-electron chi connectivity index (χ4n) is 6.63. The highest BCUT2D eigenvalue weighted by Gasteiger charge is 2.66. The summed E-state index contributed by atoms with van der Waals surface area (Å²) in [5.41, 5.74) is 4.43. The van der Waals surface area contributed by atoms with Gasteiger partial charge in [-0.25, -0.2) is 4.79 Å². The topological polar surface area (TPSA) is 95.9 Å². The highest BCUT2D eigenvalue weighted by atomic mass is 16.5. The SMILES string of the molecule is O=C(O)CCC1CN(C(=O)C23CC(NC(=O)OCC4c5ccccc5-c5ccccc54)CC2C3)C1. The average Bonchev–Trinajstić information content (AvgIpc) is 3.24. The van der Waals surface area contributed by atoms with Crippen LogP contribution in [0, 0.1) is 17.3 Å². The summed E-state index contributed by atoms with van der Waals surface area (Å²) in [6, 6.07) is 16.5. The summed E-state index contributed by atoms with van der Waals surface area (Å²) < 4.78 is 5.69. The molecular formula is C28H30N2O5. The Morgan fingerprint density at radius 2 is 1.66 bits per heavy atom. The zero-order valence-corrected chi connectivity index (χ0v) is 19.6. The molecule has 1 aliphatic heterocycles. The number of carbonyl (C=O) groups excluding carboxylic acids is 2. The fourth-order valence-corrected chi connectivity index (χ4v) is 6.63. The number of ether oxygens (including phenoxy) is 1. The van der Waals surface area contributed by atoms with Crippen LogP contribution in [-0.4, -0.2) is 53.7 Å². The predicted molar refractivity (Wildman–Crippen MR) is 129 cm³/mol. The van der Waals surface area contributed by atoms with Crippen LogP contribution >= 0.6 is 0 Å². The molecule has 3 unspecified atom stereocenters. The van der Waals surface area contributed by atoms with Crippen LogP contribution in [-0.2, 0) is 14.3 Å². The van der Waals surface area contributed by atoms with E-state index in [0.717, 1.165) is 12.8 Å². The molecule has 3 aliphatic carbocycles. The van der Waals surface area contributed by atoms with Gasteiger partial charge < -0.3 is 20.1 Å². The van der Waals surface area contributed by atoms with E-state index in [4.69, 9.17) is 9.84 Å². The number of carbonyl (C=O) groups is 3. The molecule has 35 heavy (non-hydrogen) atoms. The Bertz CT molecular complexity index is 1140. The smallest absolute Gasteiger partial charge is 0.407 e. The molecule has 2 saturated carbocycles. The van der Waals surface area contributed by atoms with Gasteiger partial charge in [0, 0.05) is 31.5 Å². The first-order chi connectivity index (χ1) is 16.9. The van der Waals surface area contributed by atoms with E-state index in [2.05, 4.69) is 29.6 Å². The minimum absolute atomic E-state index is 0.0264. The average molecular weight is 475 g/mol. The van der Waals surface area contributed by atoms with Crippen molar-refractivity contribution in [3.8, 4) is 11.1 Å². The number of carboxylic acid groups (broad SMARTS) is 1. The number of benzene rings is 2. The van der Waals surface area contributed by atoms with Gasteiger partial charge in [0.1, 0.15) is 6.61 Å². The van der Waals surface area contributed by atoms with Crippen LogP contribution in [0.15, 0.2) is 48.5 Å². The van der Waals surface area contributed by atoms with E-state index in [1.165, 1.54) is 22.3 Å². The number of carboxylic acids is 1. The lowest BCUT2D eigenvalue weighted by Gasteiger charge is -2.41. The summed E-state index contributed by atoms with van der Waals surface area (Å²) >= 11 is 0. The Labute approximate surface area is 204 Å². The number of nitrogens with one attached hydrogen (secondary N) is 1. The third-order valence-electron chi connectivity index (χ3n) is 8.51. The molecule has 3 fully saturated rings. The fraction of sp³-hybridized carbons (Fsp3) is 0.464. The summed E-state index contributed by atoms with van der Waals surface area (Å²) in [5.74, 6) is 0.0461. The molecule has 0 bridgehead atoms. The van der Waals surface area contributed by atoms with E-state index >= 15 is 0 Å². The maximum absolute atomic E-state index is 13.1. The van der Waals surface area contributed by atoms with Crippen molar-refractivity contribution in [3.63, 3.8) is 0 Å². The molecule has 3 atom stereocenters. The molecule has 1 heterocycles. The molecule has 0 spiro atoms. The van der Waals surface area contributed by atoms with Gasteiger partial charge in [-0.2, -0.15) is 0 Å². The zero-order chi connectivity index (χ0) is 24.2. The van der Waals surface area contributed by atoms with Crippen LogP contribution in [0.2, 0.25) is 0 Å². The number of hydrogen-bond donors (Lipinski definition) is 2. The number of alkyl carbamates (subject to hydrolysis) is 1. The Hall–Kier alpha value is -3.35. The molecule has 2 N–H and O–H groups in total. The number of fused-ring (bicyclic) bond motifs is 4. The Morgan fingerprint density at radius 3 is 2.31 bits per heavy atom. The highest BCUT2D eigenvalue weighted by Crippen LogP contribution is 2.64. The first-order valence-corrected chi connectivity index (χ1v) is 12.6. The second-order valence-corrected chi connectivity index (χ2v) is 10.7. The van der Waals surface area contributed by atoms with Crippen molar-refractivity contribution < 1.29 is 24.2 Å². The molecular weight excluding hydrogens is 444 g/mol. The van der Waals surface area contributed by atoms with Crippen molar-refractivity contribution in [1.29, 1.82) is 0 Å². The summed E-state index contributed by atoms with van der Waals surface area (Å²) in [7, 11) is 0. The van der Waals surface area contributed by atoms with Crippen LogP contribution < -0.4 is 5.32 Å². The molecule has 6 rings (SSSR count). The summed E-state index contributed by atoms with van der Waals surface area (Å²) in [4.78, 5) is 38.4. The Kier molecular flexibility index (Phi) is 5.31. The quantitative estimate of drug-likeness (QED) is 0.632. The second kappa shape index (κ2) is 8.40. The zero-order valence-electron chi connectivity index (χ0n) is 19.6. The van der Waals surface area contributed by atoms with Crippen molar-refractivity contribution >= 4 is 18.0 Å². The van der Waals surface area contributed by atoms with E-state index in [0.29, 0.717) is 37.8 Å². The number of nitrogens with zero attached hydrogens (tertiary/aromatic N) is 1. The third kappa shape index (κ3) is 3.87. The Balaban J connectivity index is 1.01. The largest absolute Gasteiger partial charge is 0.481 e. The maximum Gasteiger partial charge on any atom is 0.407 e. The third-order valence-corrected chi connectivity index (χ3v) is 8.51. The predicted octanol–water partition coefficient (Wildman–Crippen LogP) is 4.02. The van der Waals surface area contributed by atoms with Crippen molar-refractivity contribution in [2.24, 2.45) is 17.3 Å². The molecule has 182 valence electrons. The van der Waals surface area contributed by atoms with Crippen molar-refractivity contribution in [3.05, 3.63) is 59.7 Å². The molecule has 7 heteroatoms. The van der Waals surface area contributed by atoms with E-state index < -0.39 is 12.1 Å². The number of aliphatic carboxylic acids is 1. The molecule has 0 aromatic heterocycles. The summed E-state index contributed by atoms with van der Waals surface area (Å²) in [6.45, 7) is 1.60. The van der Waals surface area contributed by atoms with Gasteiger partial charge in [-0.15, -0.1) is 0 Å². The summed E-state index contributed by atoms with van der Waals surface area (Å²) in [5, 5.41) is 11.9. The lowest BCUT2D eigenvalue weighted by molar-refractivity contribution is -0.144. The van der Waals surface area contributed by atoms with Gasteiger partial charge in [0.25, 0.3) is 0 Å². The van der Waals surface area contributed by atoms with Gasteiger partial charge in [0.2, 0.25) is 5.91 Å². The van der Waals surface area contributed by atoms with Crippen LogP contribution in [0.4, 0.5) is 4.79 Å². The standard InChI is InChI=1S/C28H30N2O5/c31-25(32)10-9-17-14-30(15-17)26(33)28-12-18(28)11-19(13-28)29-27(34)35-16-24-22-7-3-1-5-20(22)21-6-2-4-8-23(21)24/h1-8,17-19,24H,9-16H2,(H,29,34)(H,31,32). The highest BCUT2D eigenvalue weighted by molar-refractivity contribution is 5.87. The van der Waals surface area contributed by atoms with Crippen LogP contribution in [0.25, 0.3) is 11.1 Å². The molecule has 4 aliphatic rings. The van der Waals surface area contributed by atoms with Crippen molar-refractivity contribution in [2.75, 3.05) is 19.7 Å². The number of amides is 2. The monoisotopic (exact) mass is 474 g/mol. The van der Waals surface area contributed by atoms with Crippen molar-refractivity contribution in [2.45, 2.75) is 44.1 Å². The van der Waals surface area contributed by atoms with Crippen LogP contribution in [0.1, 0.15) is 49.1 Å². The summed E-state index contributed by atoms with van der Waals surface area (Å²) in [6.07, 6.45) is 2.74. The lowest BCUT2D eigenvalue weighted by atomic mass is 9.91. The van der Waals surface area contributed by atoms with Crippen molar-refractivity contribution in [1.82, 2.24) is 10.2 Å². The van der Waals surface area contributed by atoms with Gasteiger partial charge >= 0.3 is 12.1 Å². The van der Waals surface area contributed by atoms with Gasteiger partial charge in [0.15, 0.2) is 0 Å². The molecule has 1 saturated heterocycles. The minimum atomic E-state index is -0.784. The van der Waals surface area contributed by atoms with E-state index in [9.17, 15) is 14.4 Å². The van der Waals surface area contributed by atoms with Crippen LogP contribution in [0.3, 0.4) is 0 Å². The molecule has 0 radical (unpaired) electrons.